The molecule has 1 unspecified atom stereocenters. The van der Waals surface area contributed by atoms with Gasteiger partial charge in [0.2, 0.25) is 0 Å². The first-order valence-electron chi connectivity index (χ1n) is 14.4. The molecule has 5 rings (SSSR count). The normalized spacial score (nSPS) is 11.7. The van der Waals surface area contributed by atoms with Crippen LogP contribution in [0.4, 0.5) is 0 Å². The number of ether oxygens (including phenoxy) is 1. The van der Waals surface area contributed by atoms with Crippen molar-refractivity contribution in [3.63, 3.8) is 0 Å². The minimum absolute atomic E-state index is 0.0710. The van der Waals surface area contributed by atoms with Gasteiger partial charge in [-0.05, 0) is 64.1 Å². The fourth-order valence-corrected chi connectivity index (χ4v) is 5.16. The smallest absolute Gasteiger partial charge is 0.307 e. The van der Waals surface area contributed by atoms with E-state index in [0.29, 0.717) is 24.5 Å². The largest absolute Gasteiger partial charge is 0.469 e. The standard InChI is InChI=1S/C33H35N7O3/c1-4-9-27-20-30(33(42)34-26(19-31(41)43-3)18-25-11-6-5-10-22(25)2)37-40(27)21-23-14-16-24(17-15-23)28-12-7-8-13-29(28)32-35-38-39-36-32/h5-8,10-17,20,26H,4,9,18-19,21H2,1-3H3,(H,34,42)(H,35,36,38,39). The van der Waals surface area contributed by atoms with Crippen LogP contribution in [0.1, 0.15) is 52.6 Å². The number of hydrogen-bond acceptors (Lipinski definition) is 7. The van der Waals surface area contributed by atoms with Crippen LogP contribution in [0.25, 0.3) is 22.5 Å². The van der Waals surface area contributed by atoms with E-state index in [2.05, 4.69) is 57.1 Å². The Hall–Kier alpha value is -5.12. The Morgan fingerprint density at radius 3 is 2.44 bits per heavy atom. The molecule has 2 heterocycles. The Bertz CT molecular complexity index is 1680. The molecular formula is C33H35N7O3. The molecule has 2 N–H and O–H groups in total. The van der Waals surface area contributed by atoms with E-state index in [1.54, 1.807) is 0 Å². The lowest BCUT2D eigenvalue weighted by Gasteiger charge is -2.18. The number of carbonyl (C=O) groups excluding carboxylic acids is 2. The zero-order valence-corrected chi connectivity index (χ0v) is 24.6. The number of carbonyl (C=O) groups is 2. The third-order valence-electron chi connectivity index (χ3n) is 7.43. The van der Waals surface area contributed by atoms with Crippen molar-refractivity contribution in [2.45, 2.75) is 52.1 Å². The lowest BCUT2D eigenvalue weighted by atomic mass is 9.98. The molecule has 1 amide bonds. The Morgan fingerprint density at radius 1 is 1.00 bits per heavy atom. The van der Waals surface area contributed by atoms with E-state index in [9.17, 15) is 9.59 Å². The molecule has 1 atom stereocenters. The van der Waals surface area contributed by atoms with Crippen LogP contribution in [-0.2, 0) is 28.9 Å². The van der Waals surface area contributed by atoms with E-state index in [4.69, 9.17) is 9.84 Å². The van der Waals surface area contributed by atoms with Crippen molar-refractivity contribution in [2.75, 3.05) is 7.11 Å². The number of aryl methyl sites for hydroxylation is 2. The molecule has 220 valence electrons. The molecule has 0 spiro atoms. The minimum Gasteiger partial charge on any atom is -0.469 e. The molecule has 10 heteroatoms. The molecule has 0 aliphatic heterocycles. The second-order valence-corrected chi connectivity index (χ2v) is 10.5. The molecule has 0 saturated carbocycles. The average molecular weight is 578 g/mol. The fourth-order valence-electron chi connectivity index (χ4n) is 5.16. The van der Waals surface area contributed by atoms with Gasteiger partial charge in [0.15, 0.2) is 5.82 Å². The van der Waals surface area contributed by atoms with E-state index in [-0.39, 0.29) is 18.3 Å². The number of rotatable bonds is 12. The Kier molecular flexibility index (Phi) is 9.36. The Morgan fingerprint density at radius 2 is 1.74 bits per heavy atom. The number of nitrogens with zero attached hydrogens (tertiary/aromatic N) is 5. The van der Waals surface area contributed by atoms with E-state index in [1.807, 2.05) is 66.2 Å². The minimum atomic E-state index is -0.427. The quantitative estimate of drug-likeness (QED) is 0.201. The summed E-state index contributed by atoms with van der Waals surface area (Å²) in [4.78, 5) is 25.5. The molecule has 0 aliphatic rings. The summed E-state index contributed by atoms with van der Waals surface area (Å²) in [6.45, 7) is 4.64. The summed E-state index contributed by atoms with van der Waals surface area (Å²) in [5.41, 5.74) is 7.50. The van der Waals surface area contributed by atoms with Gasteiger partial charge < -0.3 is 10.1 Å². The summed E-state index contributed by atoms with van der Waals surface area (Å²) in [5.74, 6) is -0.0777. The van der Waals surface area contributed by atoms with Gasteiger partial charge in [-0.1, -0.05) is 86.1 Å². The van der Waals surface area contributed by atoms with Crippen LogP contribution in [0, 0.1) is 6.92 Å². The molecule has 43 heavy (non-hydrogen) atoms. The first-order chi connectivity index (χ1) is 20.9. The number of tetrazole rings is 1. The number of esters is 1. The number of aromatic nitrogens is 6. The van der Waals surface area contributed by atoms with Crippen LogP contribution in [0.2, 0.25) is 0 Å². The van der Waals surface area contributed by atoms with Crippen molar-refractivity contribution < 1.29 is 14.3 Å². The summed E-state index contributed by atoms with van der Waals surface area (Å²) >= 11 is 0. The molecular weight excluding hydrogens is 542 g/mol. The number of amides is 1. The lowest BCUT2D eigenvalue weighted by Crippen LogP contribution is -2.38. The first-order valence-corrected chi connectivity index (χ1v) is 14.4. The highest BCUT2D eigenvalue weighted by atomic mass is 16.5. The molecule has 3 aromatic carbocycles. The summed E-state index contributed by atoms with van der Waals surface area (Å²) < 4.78 is 6.79. The molecule has 0 fully saturated rings. The molecule has 2 aromatic heterocycles. The zero-order chi connectivity index (χ0) is 30.2. The Labute approximate surface area is 250 Å². The highest BCUT2D eigenvalue weighted by Crippen LogP contribution is 2.30. The number of nitrogens with one attached hydrogen (secondary N) is 2. The van der Waals surface area contributed by atoms with Crippen molar-refractivity contribution in [1.29, 1.82) is 0 Å². The molecule has 5 aromatic rings. The van der Waals surface area contributed by atoms with Gasteiger partial charge in [-0.15, -0.1) is 5.10 Å². The topological polar surface area (TPSA) is 128 Å². The molecule has 0 radical (unpaired) electrons. The van der Waals surface area contributed by atoms with Gasteiger partial charge in [0.1, 0.15) is 5.69 Å². The molecule has 10 nitrogen and oxygen atoms in total. The van der Waals surface area contributed by atoms with Crippen LogP contribution >= 0.6 is 0 Å². The first kappa shape index (κ1) is 29.4. The van der Waals surface area contributed by atoms with Crippen LogP contribution in [0.15, 0.2) is 78.9 Å². The summed E-state index contributed by atoms with van der Waals surface area (Å²) in [6, 6.07) is 25.6. The van der Waals surface area contributed by atoms with E-state index in [1.165, 1.54) is 7.11 Å². The maximum absolute atomic E-state index is 13.4. The van der Waals surface area contributed by atoms with Gasteiger partial charge in [-0.3, -0.25) is 14.3 Å². The monoisotopic (exact) mass is 577 g/mol. The second-order valence-electron chi connectivity index (χ2n) is 10.5. The maximum Gasteiger partial charge on any atom is 0.307 e. The fraction of sp³-hybridized carbons (Fsp3) is 0.273. The predicted molar refractivity (Wildman–Crippen MR) is 163 cm³/mol. The Balaban J connectivity index is 1.33. The van der Waals surface area contributed by atoms with Crippen LogP contribution in [0.5, 0.6) is 0 Å². The number of methoxy groups -OCH3 is 1. The number of aromatic amines is 1. The van der Waals surface area contributed by atoms with Crippen molar-refractivity contribution in [1.82, 2.24) is 35.7 Å². The van der Waals surface area contributed by atoms with Crippen molar-refractivity contribution in [2.24, 2.45) is 0 Å². The predicted octanol–water partition coefficient (Wildman–Crippen LogP) is 4.94. The van der Waals surface area contributed by atoms with Crippen molar-refractivity contribution >= 4 is 11.9 Å². The highest BCUT2D eigenvalue weighted by Gasteiger charge is 2.22. The van der Waals surface area contributed by atoms with Gasteiger partial charge in [0, 0.05) is 17.3 Å². The van der Waals surface area contributed by atoms with E-state index in [0.717, 1.165) is 51.9 Å². The van der Waals surface area contributed by atoms with Crippen LogP contribution < -0.4 is 5.32 Å². The molecule has 0 aliphatic carbocycles. The SMILES string of the molecule is CCCc1cc(C(=O)NC(CC(=O)OC)Cc2ccccc2C)nn1Cc1ccc(-c2ccccc2-c2nnn[nH]2)cc1. The van der Waals surface area contributed by atoms with Gasteiger partial charge in [-0.25, -0.2) is 5.10 Å². The van der Waals surface area contributed by atoms with Gasteiger partial charge in [0.05, 0.1) is 20.1 Å². The third-order valence-corrected chi connectivity index (χ3v) is 7.43. The van der Waals surface area contributed by atoms with Crippen molar-refractivity contribution in [3.05, 3.63) is 107 Å². The number of benzene rings is 3. The van der Waals surface area contributed by atoms with E-state index < -0.39 is 6.04 Å². The summed E-state index contributed by atoms with van der Waals surface area (Å²) in [6.07, 6.45) is 2.28. The lowest BCUT2D eigenvalue weighted by molar-refractivity contribution is -0.141. The molecule has 0 saturated heterocycles. The summed E-state index contributed by atoms with van der Waals surface area (Å²) in [7, 11) is 1.35. The van der Waals surface area contributed by atoms with Crippen LogP contribution in [0.3, 0.4) is 0 Å². The van der Waals surface area contributed by atoms with Gasteiger partial charge >= 0.3 is 5.97 Å². The summed E-state index contributed by atoms with van der Waals surface area (Å²) in [5, 5.41) is 22.0. The number of H-pyrrole nitrogens is 1. The highest BCUT2D eigenvalue weighted by molar-refractivity contribution is 5.93. The average Bonchev–Trinajstić information content (AvgIpc) is 3.70. The third kappa shape index (κ3) is 7.21. The van der Waals surface area contributed by atoms with E-state index >= 15 is 0 Å². The zero-order valence-electron chi connectivity index (χ0n) is 24.6. The second kappa shape index (κ2) is 13.7. The van der Waals surface area contributed by atoms with Gasteiger partial charge in [-0.2, -0.15) is 5.10 Å². The van der Waals surface area contributed by atoms with Gasteiger partial charge in [0.25, 0.3) is 5.91 Å². The van der Waals surface area contributed by atoms with Crippen LogP contribution in [-0.4, -0.2) is 55.4 Å². The molecule has 0 bridgehead atoms. The maximum atomic E-state index is 13.4. The van der Waals surface area contributed by atoms with Crippen molar-refractivity contribution in [3.8, 4) is 22.5 Å². The number of hydrogen-bond donors (Lipinski definition) is 2.